The predicted molar refractivity (Wildman–Crippen MR) is 75.9 cm³/mol. The Morgan fingerprint density at radius 3 is 2.78 bits per heavy atom. The zero-order valence-corrected chi connectivity index (χ0v) is 12.3. The van der Waals surface area contributed by atoms with Crippen LogP contribution in [-0.2, 0) is 15.9 Å². The van der Waals surface area contributed by atoms with Crippen LogP contribution in [0.1, 0.15) is 12.5 Å². The van der Waals surface area contributed by atoms with Crippen molar-refractivity contribution in [2.24, 2.45) is 0 Å². The molecule has 0 saturated carbocycles. The molecule has 18 heavy (non-hydrogen) atoms. The highest BCUT2D eigenvalue weighted by Gasteiger charge is 2.14. The van der Waals surface area contributed by atoms with Crippen LogP contribution in [0, 0.1) is 0 Å². The maximum atomic E-state index is 5.60. The number of ether oxygens (including phenoxy) is 2. The molecule has 0 aromatic heterocycles. The molecule has 3 nitrogen and oxygen atoms in total. The standard InChI is InChI=1S/C14H20BrNO2/c1-11(8-12-2-4-13(15)5-3-12)16-9-14-10-17-6-7-18-14/h2-5,11,14,16H,6-10H2,1H3. The first-order chi connectivity index (χ1) is 8.74. The Labute approximate surface area is 117 Å². The molecule has 4 heteroatoms. The maximum Gasteiger partial charge on any atom is 0.0933 e. The molecule has 1 aromatic rings. The Balaban J connectivity index is 1.71. The van der Waals surface area contributed by atoms with Gasteiger partial charge in [0, 0.05) is 17.1 Å². The van der Waals surface area contributed by atoms with Gasteiger partial charge >= 0.3 is 0 Å². The third-order valence-electron chi connectivity index (χ3n) is 3.03. The van der Waals surface area contributed by atoms with Crippen LogP contribution in [-0.4, -0.2) is 38.5 Å². The highest BCUT2D eigenvalue weighted by atomic mass is 79.9. The Morgan fingerprint density at radius 1 is 1.33 bits per heavy atom. The first kappa shape index (κ1) is 14.0. The minimum atomic E-state index is 0.200. The lowest BCUT2D eigenvalue weighted by Gasteiger charge is -2.25. The molecule has 1 aliphatic rings. The molecular weight excluding hydrogens is 294 g/mol. The second kappa shape index (κ2) is 7.24. The third-order valence-corrected chi connectivity index (χ3v) is 3.56. The SMILES string of the molecule is CC(Cc1ccc(Br)cc1)NCC1COCCO1. The lowest BCUT2D eigenvalue weighted by atomic mass is 10.1. The fourth-order valence-electron chi connectivity index (χ4n) is 2.03. The van der Waals surface area contributed by atoms with Crippen LogP contribution in [0.5, 0.6) is 0 Å². The van der Waals surface area contributed by atoms with Crippen molar-refractivity contribution >= 4 is 15.9 Å². The van der Waals surface area contributed by atoms with Crippen LogP contribution in [0.15, 0.2) is 28.7 Å². The van der Waals surface area contributed by atoms with Crippen molar-refractivity contribution in [3.63, 3.8) is 0 Å². The molecule has 0 bridgehead atoms. The minimum Gasteiger partial charge on any atom is -0.376 e. The van der Waals surface area contributed by atoms with E-state index in [0.29, 0.717) is 19.3 Å². The van der Waals surface area contributed by atoms with E-state index >= 15 is 0 Å². The fourth-order valence-corrected chi connectivity index (χ4v) is 2.30. The van der Waals surface area contributed by atoms with E-state index in [-0.39, 0.29) is 6.10 Å². The smallest absolute Gasteiger partial charge is 0.0933 e. The van der Waals surface area contributed by atoms with Gasteiger partial charge < -0.3 is 14.8 Å². The molecule has 1 heterocycles. The summed E-state index contributed by atoms with van der Waals surface area (Å²) in [5, 5.41) is 3.50. The Bertz CT molecular complexity index is 349. The van der Waals surface area contributed by atoms with Crippen molar-refractivity contribution in [3.05, 3.63) is 34.3 Å². The molecule has 1 aliphatic heterocycles. The Kier molecular flexibility index (Phi) is 5.63. The molecule has 0 radical (unpaired) electrons. The number of hydrogen-bond acceptors (Lipinski definition) is 3. The number of hydrogen-bond donors (Lipinski definition) is 1. The summed E-state index contributed by atoms with van der Waals surface area (Å²) in [6, 6.07) is 8.92. The monoisotopic (exact) mass is 313 g/mol. The van der Waals surface area contributed by atoms with E-state index < -0.39 is 0 Å². The number of benzene rings is 1. The van der Waals surface area contributed by atoms with E-state index in [1.807, 2.05) is 0 Å². The molecule has 1 saturated heterocycles. The van der Waals surface area contributed by atoms with Gasteiger partial charge in [-0.15, -0.1) is 0 Å². The van der Waals surface area contributed by atoms with Gasteiger partial charge in [0.15, 0.2) is 0 Å². The molecule has 1 aromatic carbocycles. The topological polar surface area (TPSA) is 30.5 Å². The first-order valence-corrected chi connectivity index (χ1v) is 7.20. The van der Waals surface area contributed by atoms with E-state index in [9.17, 15) is 0 Å². The van der Waals surface area contributed by atoms with Crippen LogP contribution in [0.25, 0.3) is 0 Å². The molecule has 100 valence electrons. The van der Waals surface area contributed by atoms with Crippen molar-refractivity contribution in [3.8, 4) is 0 Å². The normalized spacial score (nSPS) is 21.8. The van der Waals surface area contributed by atoms with Gasteiger partial charge in [0.05, 0.1) is 25.9 Å². The minimum absolute atomic E-state index is 0.200. The highest BCUT2D eigenvalue weighted by molar-refractivity contribution is 9.10. The number of rotatable bonds is 5. The third kappa shape index (κ3) is 4.69. The zero-order chi connectivity index (χ0) is 12.8. The molecule has 0 amide bonds. The van der Waals surface area contributed by atoms with Crippen molar-refractivity contribution in [1.29, 1.82) is 0 Å². The van der Waals surface area contributed by atoms with E-state index in [2.05, 4.69) is 52.4 Å². The van der Waals surface area contributed by atoms with Gasteiger partial charge in [-0.3, -0.25) is 0 Å². The van der Waals surface area contributed by atoms with Crippen molar-refractivity contribution in [1.82, 2.24) is 5.32 Å². The molecular formula is C14H20BrNO2. The lowest BCUT2D eigenvalue weighted by Crippen LogP contribution is -2.41. The number of halogens is 1. The maximum absolute atomic E-state index is 5.60. The van der Waals surface area contributed by atoms with Crippen LogP contribution < -0.4 is 5.32 Å². The summed E-state index contributed by atoms with van der Waals surface area (Å²) in [7, 11) is 0. The average molecular weight is 314 g/mol. The van der Waals surface area contributed by atoms with Crippen LogP contribution in [0.3, 0.4) is 0 Å². The summed E-state index contributed by atoms with van der Waals surface area (Å²) in [6.45, 7) is 5.21. The summed E-state index contributed by atoms with van der Waals surface area (Å²) >= 11 is 3.45. The average Bonchev–Trinajstić information content (AvgIpc) is 2.40. The van der Waals surface area contributed by atoms with Gasteiger partial charge in [-0.05, 0) is 31.0 Å². The van der Waals surface area contributed by atoms with E-state index in [0.717, 1.165) is 24.0 Å². The molecule has 0 spiro atoms. The second-order valence-corrected chi connectivity index (χ2v) is 5.62. The van der Waals surface area contributed by atoms with Gasteiger partial charge in [0.25, 0.3) is 0 Å². The van der Waals surface area contributed by atoms with Gasteiger partial charge in [-0.1, -0.05) is 28.1 Å². The highest BCUT2D eigenvalue weighted by Crippen LogP contribution is 2.12. The first-order valence-electron chi connectivity index (χ1n) is 6.41. The predicted octanol–water partition coefficient (Wildman–Crippen LogP) is 2.39. The van der Waals surface area contributed by atoms with Crippen molar-refractivity contribution in [2.45, 2.75) is 25.5 Å². The molecule has 1 N–H and O–H groups in total. The molecule has 0 aliphatic carbocycles. The van der Waals surface area contributed by atoms with E-state index in [4.69, 9.17) is 9.47 Å². The summed E-state index contributed by atoms with van der Waals surface area (Å²) in [6.07, 6.45) is 1.23. The van der Waals surface area contributed by atoms with Gasteiger partial charge in [0.1, 0.15) is 0 Å². The summed E-state index contributed by atoms with van der Waals surface area (Å²) in [5.41, 5.74) is 1.35. The van der Waals surface area contributed by atoms with E-state index in [1.54, 1.807) is 0 Å². The van der Waals surface area contributed by atoms with Gasteiger partial charge in [-0.25, -0.2) is 0 Å². The molecule has 1 fully saturated rings. The summed E-state index contributed by atoms with van der Waals surface area (Å²) in [5.74, 6) is 0. The quantitative estimate of drug-likeness (QED) is 0.905. The largest absolute Gasteiger partial charge is 0.376 e. The Hall–Kier alpha value is -0.420. The summed E-state index contributed by atoms with van der Waals surface area (Å²) in [4.78, 5) is 0. The molecule has 2 atom stereocenters. The number of nitrogens with one attached hydrogen (secondary N) is 1. The second-order valence-electron chi connectivity index (χ2n) is 4.71. The van der Waals surface area contributed by atoms with Gasteiger partial charge in [-0.2, -0.15) is 0 Å². The van der Waals surface area contributed by atoms with Crippen LogP contribution >= 0.6 is 15.9 Å². The Morgan fingerprint density at radius 2 is 2.11 bits per heavy atom. The zero-order valence-electron chi connectivity index (χ0n) is 10.7. The van der Waals surface area contributed by atoms with Crippen LogP contribution in [0.2, 0.25) is 0 Å². The molecule has 2 rings (SSSR count). The van der Waals surface area contributed by atoms with E-state index in [1.165, 1.54) is 5.56 Å². The summed E-state index contributed by atoms with van der Waals surface area (Å²) < 4.78 is 12.1. The fraction of sp³-hybridized carbons (Fsp3) is 0.571. The van der Waals surface area contributed by atoms with Crippen molar-refractivity contribution in [2.75, 3.05) is 26.4 Å². The van der Waals surface area contributed by atoms with Gasteiger partial charge in [0.2, 0.25) is 0 Å². The molecule has 2 unspecified atom stereocenters. The lowest BCUT2D eigenvalue weighted by molar-refractivity contribution is -0.0869. The van der Waals surface area contributed by atoms with Crippen LogP contribution in [0.4, 0.5) is 0 Å². The van der Waals surface area contributed by atoms with Crippen molar-refractivity contribution < 1.29 is 9.47 Å².